The molecule has 21 heavy (non-hydrogen) atoms. The lowest BCUT2D eigenvalue weighted by Gasteiger charge is -2.23. The van der Waals surface area contributed by atoms with Crippen molar-refractivity contribution in [1.29, 1.82) is 0 Å². The van der Waals surface area contributed by atoms with Gasteiger partial charge in [-0.25, -0.2) is 8.78 Å². The zero-order valence-corrected chi connectivity index (χ0v) is 13.0. The van der Waals surface area contributed by atoms with E-state index in [0.717, 1.165) is 11.1 Å². The van der Waals surface area contributed by atoms with Crippen LogP contribution < -0.4 is 0 Å². The van der Waals surface area contributed by atoms with E-state index in [4.69, 9.17) is 12.2 Å². The molecule has 0 unspecified atom stereocenters. The molecule has 0 fully saturated rings. The zero-order chi connectivity index (χ0) is 16.4. The minimum absolute atomic E-state index is 0.218. The summed E-state index contributed by atoms with van der Waals surface area (Å²) in [6, 6.07) is 3.47. The predicted molar refractivity (Wildman–Crippen MR) is 81.6 cm³/mol. The number of alkyl halides is 4. The number of nitrogens with zero attached hydrogens (tertiary/aromatic N) is 1. The fraction of sp³-hybridized carbons (Fsp3) is 0.467. The van der Waals surface area contributed by atoms with E-state index in [1.165, 1.54) is 0 Å². The van der Waals surface area contributed by atoms with Gasteiger partial charge in [0.2, 0.25) is 0 Å². The summed E-state index contributed by atoms with van der Waals surface area (Å²) in [5.41, 5.74) is 2.87. The standard InChI is InChI=1S/C15H17F4NS/c1-9-8-12(20-4)10(2)7-11(9)13(21)5-6-15(18,19)14(3,16)17/h7-8H,4-6H2,1-3H3. The van der Waals surface area contributed by atoms with E-state index < -0.39 is 18.3 Å². The van der Waals surface area contributed by atoms with Gasteiger partial charge >= 0.3 is 11.8 Å². The Morgan fingerprint density at radius 2 is 1.76 bits per heavy atom. The van der Waals surface area contributed by atoms with Crippen molar-refractivity contribution in [2.24, 2.45) is 4.99 Å². The van der Waals surface area contributed by atoms with Gasteiger partial charge in [-0.05, 0) is 55.8 Å². The van der Waals surface area contributed by atoms with Gasteiger partial charge < -0.3 is 0 Å². The van der Waals surface area contributed by atoms with Crippen LogP contribution >= 0.6 is 12.2 Å². The molecule has 0 aliphatic rings. The Balaban J connectivity index is 2.92. The van der Waals surface area contributed by atoms with Crippen LogP contribution in [0.3, 0.4) is 0 Å². The summed E-state index contributed by atoms with van der Waals surface area (Å²) in [5, 5.41) is 0. The summed E-state index contributed by atoms with van der Waals surface area (Å²) in [6.45, 7) is 7.22. The maximum absolute atomic E-state index is 13.3. The molecule has 0 bridgehead atoms. The van der Waals surface area contributed by atoms with Crippen molar-refractivity contribution >= 4 is 29.5 Å². The predicted octanol–water partition coefficient (Wildman–Crippen LogP) is 5.42. The smallest absolute Gasteiger partial charge is 0.264 e. The van der Waals surface area contributed by atoms with Gasteiger partial charge in [-0.15, -0.1) is 0 Å². The van der Waals surface area contributed by atoms with Crippen LogP contribution in [-0.4, -0.2) is 23.4 Å². The summed E-state index contributed by atoms with van der Waals surface area (Å²) in [4.78, 5) is 4.08. The van der Waals surface area contributed by atoms with Crippen molar-refractivity contribution in [3.8, 4) is 0 Å². The second-order valence-electron chi connectivity index (χ2n) is 5.13. The first-order valence-electron chi connectivity index (χ1n) is 6.36. The second kappa shape index (κ2) is 6.22. The van der Waals surface area contributed by atoms with Gasteiger partial charge in [-0.1, -0.05) is 12.2 Å². The van der Waals surface area contributed by atoms with Gasteiger partial charge in [0, 0.05) is 18.2 Å². The van der Waals surface area contributed by atoms with Crippen LogP contribution in [0.4, 0.5) is 23.2 Å². The molecule has 6 heteroatoms. The van der Waals surface area contributed by atoms with E-state index in [1.54, 1.807) is 26.0 Å². The van der Waals surface area contributed by atoms with Crippen LogP contribution in [0.5, 0.6) is 0 Å². The van der Waals surface area contributed by atoms with E-state index in [9.17, 15) is 17.6 Å². The number of halogens is 4. The lowest BCUT2D eigenvalue weighted by atomic mass is 9.97. The lowest BCUT2D eigenvalue weighted by Crippen LogP contribution is -2.37. The molecular weight excluding hydrogens is 302 g/mol. The van der Waals surface area contributed by atoms with Gasteiger partial charge in [-0.3, -0.25) is 4.99 Å². The number of rotatable bonds is 6. The Morgan fingerprint density at radius 3 is 2.24 bits per heavy atom. The quantitative estimate of drug-likeness (QED) is 0.295. The topological polar surface area (TPSA) is 12.4 Å². The van der Waals surface area contributed by atoms with Crippen LogP contribution in [-0.2, 0) is 0 Å². The molecule has 0 amide bonds. The molecule has 1 nitrogen and oxygen atoms in total. The van der Waals surface area contributed by atoms with Gasteiger partial charge in [0.1, 0.15) is 0 Å². The first-order chi connectivity index (χ1) is 9.49. The van der Waals surface area contributed by atoms with Gasteiger partial charge in [0.15, 0.2) is 0 Å². The molecule has 0 aliphatic carbocycles. The van der Waals surface area contributed by atoms with Crippen molar-refractivity contribution in [3.05, 3.63) is 28.8 Å². The van der Waals surface area contributed by atoms with Crippen molar-refractivity contribution in [3.63, 3.8) is 0 Å². The summed E-state index contributed by atoms with van der Waals surface area (Å²) in [7, 11) is 0. The Morgan fingerprint density at radius 1 is 1.19 bits per heavy atom. The van der Waals surface area contributed by atoms with Gasteiger partial charge in [0.25, 0.3) is 0 Å². The maximum Gasteiger partial charge on any atom is 0.310 e. The molecule has 0 atom stereocenters. The molecule has 116 valence electrons. The Kier molecular flexibility index (Phi) is 5.25. The molecule has 0 radical (unpaired) electrons. The number of aryl methyl sites for hydroxylation is 2. The highest BCUT2D eigenvalue weighted by Gasteiger charge is 2.51. The molecule has 1 rings (SSSR count). The van der Waals surface area contributed by atoms with Gasteiger partial charge in [-0.2, -0.15) is 8.78 Å². The third-order valence-corrected chi connectivity index (χ3v) is 3.75. The Labute approximate surface area is 127 Å². The molecule has 0 aliphatic heterocycles. The van der Waals surface area contributed by atoms with Crippen LogP contribution in [0.2, 0.25) is 0 Å². The average Bonchev–Trinajstić information content (AvgIpc) is 2.36. The summed E-state index contributed by atoms with van der Waals surface area (Å²) < 4.78 is 52.1. The maximum atomic E-state index is 13.3. The molecule has 1 aromatic rings. The first kappa shape index (κ1) is 17.8. The van der Waals surface area contributed by atoms with E-state index in [1.807, 2.05) is 0 Å². The van der Waals surface area contributed by atoms with E-state index in [2.05, 4.69) is 11.7 Å². The van der Waals surface area contributed by atoms with Crippen LogP contribution in [0.25, 0.3) is 0 Å². The highest BCUT2D eigenvalue weighted by Crippen LogP contribution is 2.38. The molecule has 0 spiro atoms. The minimum atomic E-state index is -4.07. The number of benzene rings is 1. The average molecular weight is 319 g/mol. The van der Waals surface area contributed by atoms with Crippen LogP contribution in [0.1, 0.15) is 36.5 Å². The van der Waals surface area contributed by atoms with Crippen LogP contribution in [0, 0.1) is 13.8 Å². The van der Waals surface area contributed by atoms with Gasteiger partial charge in [0.05, 0.1) is 5.69 Å². The Bertz CT molecular complexity index is 562. The van der Waals surface area contributed by atoms with Crippen LogP contribution in [0.15, 0.2) is 17.1 Å². The normalized spacial score (nSPS) is 12.3. The number of hydrogen-bond donors (Lipinski definition) is 0. The Hall–Kier alpha value is -1.30. The third kappa shape index (κ3) is 4.09. The van der Waals surface area contributed by atoms with Crippen molar-refractivity contribution in [1.82, 2.24) is 0 Å². The molecular formula is C15H17F4NS. The third-order valence-electron chi connectivity index (χ3n) is 3.32. The SMILES string of the molecule is C=Nc1cc(C)c(C(=S)CCC(F)(F)C(C)(F)F)cc1C. The highest BCUT2D eigenvalue weighted by molar-refractivity contribution is 7.80. The largest absolute Gasteiger partial charge is 0.310 e. The van der Waals surface area contributed by atoms with E-state index in [-0.39, 0.29) is 18.2 Å². The monoisotopic (exact) mass is 319 g/mol. The zero-order valence-electron chi connectivity index (χ0n) is 12.1. The summed E-state index contributed by atoms with van der Waals surface area (Å²) in [6.07, 6.45) is -1.25. The molecule has 1 aromatic carbocycles. The molecule has 0 saturated heterocycles. The highest BCUT2D eigenvalue weighted by atomic mass is 32.1. The fourth-order valence-electron chi connectivity index (χ4n) is 1.90. The second-order valence-corrected chi connectivity index (χ2v) is 5.62. The minimum Gasteiger partial charge on any atom is -0.264 e. The van der Waals surface area contributed by atoms with E-state index >= 15 is 0 Å². The molecule has 0 saturated carbocycles. The number of aliphatic imine (C=N–C) groups is 1. The number of thiocarbonyl (C=S) groups is 1. The first-order valence-corrected chi connectivity index (χ1v) is 6.77. The number of hydrogen-bond acceptors (Lipinski definition) is 2. The molecule has 0 heterocycles. The fourth-order valence-corrected chi connectivity index (χ4v) is 2.22. The summed E-state index contributed by atoms with van der Waals surface area (Å²) >= 11 is 5.11. The van der Waals surface area contributed by atoms with E-state index in [0.29, 0.717) is 11.3 Å². The molecule has 0 aromatic heterocycles. The summed E-state index contributed by atoms with van der Waals surface area (Å²) in [5.74, 6) is -8.12. The van der Waals surface area contributed by atoms with Crippen molar-refractivity contribution in [2.45, 2.75) is 45.5 Å². The van der Waals surface area contributed by atoms with Crippen molar-refractivity contribution in [2.75, 3.05) is 0 Å². The molecule has 0 N–H and O–H groups in total. The van der Waals surface area contributed by atoms with Crippen molar-refractivity contribution < 1.29 is 17.6 Å². The lowest BCUT2D eigenvalue weighted by molar-refractivity contribution is -0.199.